The molecule has 1 atom stereocenters. The SMILES string of the molecule is CCn1cnnc1-c1ccccc1NC(=O)C1CCNC1. The molecule has 110 valence electrons. The van der Waals surface area contributed by atoms with Crippen LogP contribution in [0.3, 0.4) is 0 Å². The number of aryl methyl sites for hydroxylation is 1. The maximum atomic E-state index is 12.3. The van der Waals surface area contributed by atoms with Crippen LogP contribution in [0.5, 0.6) is 0 Å². The molecule has 0 radical (unpaired) electrons. The summed E-state index contributed by atoms with van der Waals surface area (Å²) in [4.78, 5) is 12.3. The second-order valence-electron chi connectivity index (χ2n) is 5.17. The molecule has 1 saturated heterocycles. The molecule has 3 rings (SSSR count). The van der Waals surface area contributed by atoms with Crippen LogP contribution >= 0.6 is 0 Å². The molecule has 2 N–H and O–H groups in total. The Morgan fingerprint density at radius 1 is 1.48 bits per heavy atom. The first kappa shape index (κ1) is 13.8. The summed E-state index contributed by atoms with van der Waals surface area (Å²) in [5, 5.41) is 14.4. The van der Waals surface area contributed by atoms with E-state index in [-0.39, 0.29) is 11.8 Å². The average molecular weight is 285 g/mol. The third-order valence-corrected chi connectivity index (χ3v) is 3.81. The van der Waals surface area contributed by atoms with Crippen LogP contribution < -0.4 is 10.6 Å². The maximum Gasteiger partial charge on any atom is 0.228 e. The molecule has 1 aliphatic rings. The molecular weight excluding hydrogens is 266 g/mol. The number of benzene rings is 1. The van der Waals surface area contributed by atoms with E-state index in [1.54, 1.807) is 6.33 Å². The zero-order chi connectivity index (χ0) is 14.7. The Morgan fingerprint density at radius 3 is 3.10 bits per heavy atom. The number of aromatic nitrogens is 3. The van der Waals surface area contributed by atoms with Crippen molar-refractivity contribution in [1.29, 1.82) is 0 Å². The van der Waals surface area contributed by atoms with Gasteiger partial charge in [0.15, 0.2) is 5.82 Å². The van der Waals surface area contributed by atoms with E-state index in [0.717, 1.165) is 43.1 Å². The first-order valence-electron chi connectivity index (χ1n) is 7.28. The Kier molecular flexibility index (Phi) is 3.96. The highest BCUT2D eigenvalue weighted by Crippen LogP contribution is 2.26. The Balaban J connectivity index is 1.87. The Labute approximate surface area is 123 Å². The number of rotatable bonds is 4. The van der Waals surface area contributed by atoms with Gasteiger partial charge in [0, 0.05) is 18.7 Å². The van der Waals surface area contributed by atoms with Gasteiger partial charge in [-0.15, -0.1) is 10.2 Å². The lowest BCUT2D eigenvalue weighted by atomic mass is 10.1. The molecule has 0 saturated carbocycles. The van der Waals surface area contributed by atoms with E-state index in [1.807, 2.05) is 35.8 Å². The molecule has 0 spiro atoms. The van der Waals surface area contributed by atoms with Crippen LogP contribution in [0, 0.1) is 5.92 Å². The van der Waals surface area contributed by atoms with Gasteiger partial charge in [-0.2, -0.15) is 0 Å². The van der Waals surface area contributed by atoms with Gasteiger partial charge in [-0.1, -0.05) is 12.1 Å². The summed E-state index contributed by atoms with van der Waals surface area (Å²) < 4.78 is 1.96. The summed E-state index contributed by atoms with van der Waals surface area (Å²) >= 11 is 0. The van der Waals surface area contributed by atoms with Crippen molar-refractivity contribution >= 4 is 11.6 Å². The third-order valence-electron chi connectivity index (χ3n) is 3.81. The van der Waals surface area contributed by atoms with Crippen LogP contribution in [0.2, 0.25) is 0 Å². The van der Waals surface area contributed by atoms with Crippen molar-refractivity contribution < 1.29 is 4.79 Å². The predicted molar refractivity (Wildman–Crippen MR) is 80.7 cm³/mol. The number of nitrogens with zero attached hydrogens (tertiary/aromatic N) is 3. The molecule has 21 heavy (non-hydrogen) atoms. The zero-order valence-electron chi connectivity index (χ0n) is 12.0. The lowest BCUT2D eigenvalue weighted by molar-refractivity contribution is -0.119. The molecule has 0 bridgehead atoms. The van der Waals surface area contributed by atoms with Crippen LogP contribution in [0.25, 0.3) is 11.4 Å². The Hall–Kier alpha value is -2.21. The number of carbonyl (C=O) groups excluding carboxylic acids is 1. The average Bonchev–Trinajstić information content (AvgIpc) is 3.19. The predicted octanol–water partition coefficient (Wildman–Crippen LogP) is 1.51. The number of hydrogen-bond acceptors (Lipinski definition) is 4. The fraction of sp³-hybridized carbons (Fsp3) is 0.400. The normalized spacial score (nSPS) is 17.9. The van der Waals surface area contributed by atoms with Crippen molar-refractivity contribution in [3.05, 3.63) is 30.6 Å². The molecule has 2 heterocycles. The number of carbonyl (C=O) groups is 1. The lowest BCUT2D eigenvalue weighted by Gasteiger charge is -2.13. The van der Waals surface area contributed by atoms with E-state index in [0.29, 0.717) is 0 Å². The van der Waals surface area contributed by atoms with Gasteiger partial charge in [-0.25, -0.2) is 0 Å². The van der Waals surface area contributed by atoms with Gasteiger partial charge in [0.05, 0.1) is 11.6 Å². The molecule has 6 nitrogen and oxygen atoms in total. The van der Waals surface area contributed by atoms with E-state index in [2.05, 4.69) is 20.8 Å². The molecule has 2 aromatic rings. The first-order valence-corrected chi connectivity index (χ1v) is 7.28. The number of para-hydroxylation sites is 1. The maximum absolute atomic E-state index is 12.3. The summed E-state index contributed by atoms with van der Waals surface area (Å²) in [7, 11) is 0. The molecular formula is C15H19N5O. The lowest BCUT2D eigenvalue weighted by Crippen LogP contribution is -2.25. The van der Waals surface area contributed by atoms with E-state index in [1.165, 1.54) is 0 Å². The number of nitrogens with one attached hydrogen (secondary N) is 2. The zero-order valence-corrected chi connectivity index (χ0v) is 12.0. The summed E-state index contributed by atoms with van der Waals surface area (Å²) in [6, 6.07) is 7.72. The molecule has 1 unspecified atom stereocenters. The van der Waals surface area contributed by atoms with Gasteiger partial charge in [-0.05, 0) is 32.0 Å². The van der Waals surface area contributed by atoms with Crippen molar-refractivity contribution in [3.63, 3.8) is 0 Å². The summed E-state index contributed by atoms with van der Waals surface area (Å²) in [6.45, 7) is 4.48. The second kappa shape index (κ2) is 6.05. The second-order valence-corrected chi connectivity index (χ2v) is 5.17. The van der Waals surface area contributed by atoms with Crippen molar-refractivity contribution in [2.45, 2.75) is 19.9 Å². The van der Waals surface area contributed by atoms with E-state index >= 15 is 0 Å². The molecule has 6 heteroatoms. The molecule has 1 fully saturated rings. The molecule has 1 aromatic carbocycles. The van der Waals surface area contributed by atoms with Gasteiger partial charge in [-0.3, -0.25) is 4.79 Å². The van der Waals surface area contributed by atoms with Crippen LogP contribution in [-0.4, -0.2) is 33.8 Å². The topological polar surface area (TPSA) is 71.8 Å². The van der Waals surface area contributed by atoms with Gasteiger partial charge in [0.2, 0.25) is 5.91 Å². The Morgan fingerprint density at radius 2 is 2.33 bits per heavy atom. The van der Waals surface area contributed by atoms with E-state index in [4.69, 9.17) is 0 Å². The number of hydrogen-bond donors (Lipinski definition) is 2. The quantitative estimate of drug-likeness (QED) is 0.893. The molecule has 1 aliphatic heterocycles. The smallest absolute Gasteiger partial charge is 0.228 e. The fourth-order valence-corrected chi connectivity index (χ4v) is 2.60. The molecule has 0 aliphatic carbocycles. The first-order chi connectivity index (χ1) is 10.3. The summed E-state index contributed by atoms with van der Waals surface area (Å²) in [5.74, 6) is 0.884. The number of amides is 1. The number of anilines is 1. The van der Waals surface area contributed by atoms with Crippen LogP contribution in [-0.2, 0) is 11.3 Å². The van der Waals surface area contributed by atoms with E-state index < -0.39 is 0 Å². The third kappa shape index (κ3) is 2.80. The molecule has 1 amide bonds. The minimum absolute atomic E-state index is 0.0436. The van der Waals surface area contributed by atoms with Gasteiger partial charge >= 0.3 is 0 Å². The Bertz CT molecular complexity index is 630. The monoisotopic (exact) mass is 285 g/mol. The summed E-state index contributed by atoms with van der Waals surface area (Å²) in [5.41, 5.74) is 1.69. The summed E-state index contributed by atoms with van der Waals surface area (Å²) in [6.07, 6.45) is 2.59. The highest BCUT2D eigenvalue weighted by Gasteiger charge is 2.23. The van der Waals surface area contributed by atoms with Gasteiger partial charge < -0.3 is 15.2 Å². The largest absolute Gasteiger partial charge is 0.325 e. The highest BCUT2D eigenvalue weighted by molar-refractivity contribution is 5.96. The van der Waals surface area contributed by atoms with E-state index in [9.17, 15) is 4.79 Å². The highest BCUT2D eigenvalue weighted by atomic mass is 16.1. The van der Waals surface area contributed by atoms with Crippen molar-refractivity contribution in [2.75, 3.05) is 18.4 Å². The fourth-order valence-electron chi connectivity index (χ4n) is 2.60. The van der Waals surface area contributed by atoms with Crippen molar-refractivity contribution in [2.24, 2.45) is 5.92 Å². The minimum Gasteiger partial charge on any atom is -0.325 e. The van der Waals surface area contributed by atoms with Gasteiger partial charge in [0.25, 0.3) is 0 Å². The van der Waals surface area contributed by atoms with Crippen molar-refractivity contribution in [3.8, 4) is 11.4 Å². The van der Waals surface area contributed by atoms with Gasteiger partial charge in [0.1, 0.15) is 6.33 Å². The molecule has 1 aromatic heterocycles. The van der Waals surface area contributed by atoms with Crippen LogP contribution in [0.15, 0.2) is 30.6 Å². The van der Waals surface area contributed by atoms with Crippen LogP contribution in [0.4, 0.5) is 5.69 Å². The minimum atomic E-state index is 0.0436. The standard InChI is InChI=1S/C15H19N5O/c1-2-20-10-17-19-14(20)12-5-3-4-6-13(12)18-15(21)11-7-8-16-9-11/h3-6,10-11,16H,2,7-9H2,1H3,(H,18,21). The van der Waals surface area contributed by atoms with Crippen LogP contribution in [0.1, 0.15) is 13.3 Å². The van der Waals surface area contributed by atoms with Crippen molar-refractivity contribution in [1.82, 2.24) is 20.1 Å².